The summed E-state index contributed by atoms with van der Waals surface area (Å²) in [6.07, 6.45) is -3.59. The molecule has 3 rings (SSSR count). The van der Waals surface area contributed by atoms with Gasteiger partial charge >= 0.3 is 6.18 Å². The molecule has 0 aromatic carbocycles. The van der Waals surface area contributed by atoms with E-state index in [9.17, 15) is 18.0 Å². The van der Waals surface area contributed by atoms with Crippen molar-refractivity contribution in [3.8, 4) is 0 Å². The molecule has 0 radical (unpaired) electrons. The van der Waals surface area contributed by atoms with E-state index in [1.54, 1.807) is 0 Å². The lowest BCUT2D eigenvalue weighted by Gasteiger charge is -2.15. The number of piperidine rings is 1. The third kappa shape index (κ3) is 2.47. The normalized spacial score (nSPS) is 28.1. The Hall–Kier alpha value is -1.34. The lowest BCUT2D eigenvalue weighted by Crippen LogP contribution is -2.39. The molecule has 0 bridgehead atoms. The van der Waals surface area contributed by atoms with Gasteiger partial charge in [-0.05, 0) is 36.9 Å². The Kier molecular flexibility index (Phi) is 3.13. The Morgan fingerprint density at radius 2 is 2.20 bits per heavy atom. The van der Waals surface area contributed by atoms with E-state index in [1.807, 2.05) is 0 Å². The zero-order valence-electron chi connectivity index (χ0n) is 10.2. The predicted octanol–water partition coefficient (Wildman–Crippen LogP) is 2.30. The van der Waals surface area contributed by atoms with Gasteiger partial charge in [-0.3, -0.25) is 4.79 Å². The van der Waals surface area contributed by atoms with Gasteiger partial charge < -0.3 is 10.6 Å². The SMILES string of the molecule is O=C(Nc1nc(C(F)(F)F)ccc1Cl)[C@H]1NC[C@H]2C[C@H]21. The van der Waals surface area contributed by atoms with Crippen LogP contribution in [0, 0.1) is 11.8 Å². The summed E-state index contributed by atoms with van der Waals surface area (Å²) >= 11 is 5.78. The lowest BCUT2D eigenvalue weighted by molar-refractivity contribution is -0.141. The number of hydrogen-bond donors (Lipinski definition) is 2. The lowest BCUT2D eigenvalue weighted by atomic mass is 10.2. The van der Waals surface area contributed by atoms with Crippen LogP contribution < -0.4 is 10.6 Å². The molecular formula is C12H11ClF3N3O. The van der Waals surface area contributed by atoms with Gasteiger partial charge in [0.2, 0.25) is 5.91 Å². The van der Waals surface area contributed by atoms with Crippen molar-refractivity contribution in [3.05, 3.63) is 22.8 Å². The van der Waals surface area contributed by atoms with E-state index < -0.39 is 11.9 Å². The van der Waals surface area contributed by atoms with Crippen LogP contribution in [0.15, 0.2) is 12.1 Å². The van der Waals surface area contributed by atoms with Crippen molar-refractivity contribution >= 4 is 23.3 Å². The maximum atomic E-state index is 12.6. The van der Waals surface area contributed by atoms with Gasteiger partial charge in [0.15, 0.2) is 5.82 Å². The Morgan fingerprint density at radius 1 is 1.45 bits per heavy atom. The van der Waals surface area contributed by atoms with Gasteiger partial charge in [-0.2, -0.15) is 13.2 Å². The van der Waals surface area contributed by atoms with E-state index in [4.69, 9.17) is 11.6 Å². The van der Waals surface area contributed by atoms with Crippen LogP contribution in [0.2, 0.25) is 5.02 Å². The zero-order valence-corrected chi connectivity index (χ0v) is 10.9. The van der Waals surface area contributed by atoms with E-state index in [0.29, 0.717) is 5.92 Å². The van der Waals surface area contributed by atoms with Crippen molar-refractivity contribution in [2.24, 2.45) is 11.8 Å². The molecule has 3 atom stereocenters. The minimum absolute atomic E-state index is 0.0170. The highest BCUT2D eigenvalue weighted by Gasteiger charge is 2.51. The maximum Gasteiger partial charge on any atom is 0.433 e. The highest BCUT2D eigenvalue weighted by Crippen LogP contribution is 2.45. The minimum atomic E-state index is -4.57. The van der Waals surface area contributed by atoms with Crippen LogP contribution in [0.4, 0.5) is 19.0 Å². The second-order valence-corrected chi connectivity index (χ2v) is 5.47. The van der Waals surface area contributed by atoms with Crippen molar-refractivity contribution in [1.82, 2.24) is 10.3 Å². The average Bonchev–Trinajstić information content (AvgIpc) is 3.01. The molecule has 2 heterocycles. The van der Waals surface area contributed by atoms with Crippen LogP contribution in [0.25, 0.3) is 0 Å². The number of aromatic nitrogens is 1. The Labute approximate surface area is 117 Å². The number of carbonyl (C=O) groups excluding carboxylic acids is 1. The molecule has 1 saturated heterocycles. The predicted molar refractivity (Wildman–Crippen MR) is 66.3 cm³/mol. The maximum absolute atomic E-state index is 12.6. The third-order valence-corrected chi connectivity index (χ3v) is 3.97. The van der Waals surface area contributed by atoms with Gasteiger partial charge in [0.25, 0.3) is 0 Å². The third-order valence-electron chi connectivity index (χ3n) is 3.67. The summed E-state index contributed by atoms with van der Waals surface area (Å²) in [6.45, 7) is 0.770. The van der Waals surface area contributed by atoms with E-state index in [2.05, 4.69) is 15.6 Å². The number of amides is 1. The molecule has 1 aliphatic heterocycles. The average molecular weight is 306 g/mol. The summed E-state index contributed by atoms with van der Waals surface area (Å²) in [6, 6.07) is 1.49. The number of anilines is 1. The molecule has 1 aliphatic carbocycles. The molecule has 20 heavy (non-hydrogen) atoms. The summed E-state index contributed by atoms with van der Waals surface area (Å²) < 4.78 is 37.7. The van der Waals surface area contributed by atoms with E-state index in [0.717, 1.165) is 25.1 Å². The number of alkyl halides is 3. The summed E-state index contributed by atoms with van der Waals surface area (Å²) in [4.78, 5) is 15.4. The Balaban J connectivity index is 1.77. The fourth-order valence-corrected chi connectivity index (χ4v) is 2.67. The van der Waals surface area contributed by atoms with Crippen LogP contribution in [-0.4, -0.2) is 23.5 Å². The first-order valence-electron chi connectivity index (χ1n) is 6.14. The Morgan fingerprint density at radius 3 is 2.75 bits per heavy atom. The van der Waals surface area contributed by atoms with Crippen LogP contribution in [0.1, 0.15) is 12.1 Å². The number of halogens is 4. The molecule has 4 nitrogen and oxygen atoms in total. The quantitative estimate of drug-likeness (QED) is 0.881. The molecule has 108 valence electrons. The number of carbonyl (C=O) groups is 1. The smallest absolute Gasteiger partial charge is 0.308 e. The van der Waals surface area contributed by atoms with Crippen molar-refractivity contribution in [1.29, 1.82) is 0 Å². The minimum Gasteiger partial charge on any atom is -0.308 e. The molecule has 2 N–H and O–H groups in total. The molecule has 1 amide bonds. The first-order valence-corrected chi connectivity index (χ1v) is 6.52. The molecule has 8 heteroatoms. The number of nitrogens with one attached hydrogen (secondary N) is 2. The summed E-state index contributed by atoms with van der Waals surface area (Å²) in [5.41, 5.74) is -1.08. The van der Waals surface area contributed by atoms with Gasteiger partial charge in [-0.25, -0.2) is 4.98 Å². The van der Waals surface area contributed by atoms with Gasteiger partial charge in [-0.15, -0.1) is 0 Å². The van der Waals surface area contributed by atoms with Gasteiger partial charge in [0.05, 0.1) is 11.1 Å². The number of rotatable bonds is 2. The molecule has 0 unspecified atom stereocenters. The summed E-state index contributed by atoms with van der Waals surface area (Å²) in [7, 11) is 0. The molecule has 1 aromatic rings. The number of fused-ring (bicyclic) bond motifs is 1. The topological polar surface area (TPSA) is 54.0 Å². The van der Waals surface area contributed by atoms with Gasteiger partial charge in [0, 0.05) is 0 Å². The second-order valence-electron chi connectivity index (χ2n) is 5.06. The van der Waals surface area contributed by atoms with Crippen LogP contribution in [0.5, 0.6) is 0 Å². The number of nitrogens with zero attached hydrogens (tertiary/aromatic N) is 1. The fraction of sp³-hybridized carbons (Fsp3) is 0.500. The highest BCUT2D eigenvalue weighted by molar-refractivity contribution is 6.33. The second kappa shape index (κ2) is 4.60. The van der Waals surface area contributed by atoms with Crippen LogP contribution >= 0.6 is 11.6 Å². The number of hydrogen-bond acceptors (Lipinski definition) is 3. The standard InChI is InChI=1S/C12H11ClF3N3O/c13-7-1-2-8(12(14,15)16)18-10(7)19-11(20)9-6-3-5(6)4-17-9/h1-2,5-6,9,17H,3-4H2,(H,18,19,20)/t5-,6-,9+/m1/s1. The van der Waals surface area contributed by atoms with Crippen molar-refractivity contribution in [2.45, 2.75) is 18.6 Å². The summed E-state index contributed by atoms with van der Waals surface area (Å²) in [5.74, 6) is 0.149. The van der Waals surface area contributed by atoms with Crippen LogP contribution in [-0.2, 0) is 11.0 Å². The molecule has 0 spiro atoms. The van der Waals surface area contributed by atoms with Crippen molar-refractivity contribution < 1.29 is 18.0 Å². The van der Waals surface area contributed by atoms with Crippen molar-refractivity contribution in [2.75, 3.05) is 11.9 Å². The molecule has 1 saturated carbocycles. The molecular weight excluding hydrogens is 295 g/mol. The molecule has 1 aromatic heterocycles. The highest BCUT2D eigenvalue weighted by atomic mass is 35.5. The molecule has 2 fully saturated rings. The number of pyridine rings is 1. The fourth-order valence-electron chi connectivity index (χ4n) is 2.51. The van der Waals surface area contributed by atoms with Gasteiger partial charge in [0.1, 0.15) is 5.69 Å². The Bertz CT molecular complexity index is 563. The summed E-state index contributed by atoms with van der Waals surface area (Å²) in [5, 5.41) is 5.40. The van der Waals surface area contributed by atoms with E-state index in [1.165, 1.54) is 0 Å². The monoisotopic (exact) mass is 305 g/mol. The van der Waals surface area contributed by atoms with Gasteiger partial charge in [-0.1, -0.05) is 11.6 Å². The van der Waals surface area contributed by atoms with E-state index >= 15 is 0 Å². The van der Waals surface area contributed by atoms with E-state index in [-0.39, 0.29) is 28.7 Å². The zero-order chi connectivity index (χ0) is 14.5. The van der Waals surface area contributed by atoms with Crippen LogP contribution in [0.3, 0.4) is 0 Å². The first-order chi connectivity index (χ1) is 9.36. The molecule has 2 aliphatic rings. The van der Waals surface area contributed by atoms with Crippen molar-refractivity contribution in [3.63, 3.8) is 0 Å². The first kappa shape index (κ1) is 13.6. The largest absolute Gasteiger partial charge is 0.433 e.